The number of carboxylic acid groups (broad SMARTS) is 1. The summed E-state index contributed by atoms with van der Waals surface area (Å²) in [5.74, 6) is -1.03. The van der Waals surface area contributed by atoms with Crippen LogP contribution in [-0.4, -0.2) is 37.9 Å². The van der Waals surface area contributed by atoms with Crippen LogP contribution in [0.2, 0.25) is 0 Å². The van der Waals surface area contributed by atoms with Gasteiger partial charge < -0.3 is 14.4 Å². The number of amides is 1. The fourth-order valence-electron chi connectivity index (χ4n) is 2.90. The maximum atomic E-state index is 13.2. The van der Waals surface area contributed by atoms with E-state index in [1.54, 1.807) is 11.0 Å². The van der Waals surface area contributed by atoms with Crippen molar-refractivity contribution in [2.75, 3.05) is 0 Å². The lowest BCUT2D eigenvalue weighted by Gasteiger charge is -2.22. The number of hydrogen-bond acceptors (Lipinski definition) is 6. The summed E-state index contributed by atoms with van der Waals surface area (Å²) in [7, 11) is 0. The molecule has 1 saturated carbocycles. The van der Waals surface area contributed by atoms with Gasteiger partial charge in [-0.2, -0.15) is 0 Å². The Morgan fingerprint density at radius 1 is 1.30 bits per heavy atom. The molecule has 27 heavy (non-hydrogen) atoms. The van der Waals surface area contributed by atoms with E-state index in [1.165, 1.54) is 35.9 Å². The Labute approximate surface area is 159 Å². The van der Waals surface area contributed by atoms with E-state index in [1.807, 2.05) is 12.3 Å². The number of thiazole rings is 1. The number of carbonyl (C=O) groups excluding carboxylic acids is 1. The summed E-state index contributed by atoms with van der Waals surface area (Å²) in [6.45, 7) is 2.34. The van der Waals surface area contributed by atoms with Gasteiger partial charge in [0.1, 0.15) is 11.3 Å². The molecule has 0 atom stereocenters. The summed E-state index contributed by atoms with van der Waals surface area (Å²) >= 11 is 1.52. The van der Waals surface area contributed by atoms with Crippen LogP contribution in [0.3, 0.4) is 0 Å². The predicted octanol–water partition coefficient (Wildman–Crippen LogP) is 3.61. The van der Waals surface area contributed by atoms with Crippen molar-refractivity contribution < 1.29 is 19.1 Å². The van der Waals surface area contributed by atoms with E-state index in [-0.39, 0.29) is 23.4 Å². The minimum absolute atomic E-state index is 0.0230. The molecule has 3 aromatic rings. The van der Waals surface area contributed by atoms with Gasteiger partial charge in [-0.05, 0) is 38.0 Å². The van der Waals surface area contributed by atoms with Crippen molar-refractivity contribution in [1.82, 2.24) is 14.9 Å². The van der Waals surface area contributed by atoms with Gasteiger partial charge in [0.25, 0.3) is 5.91 Å². The van der Waals surface area contributed by atoms with Gasteiger partial charge in [0.2, 0.25) is 5.89 Å². The first-order chi connectivity index (χ1) is 13.0. The summed E-state index contributed by atoms with van der Waals surface area (Å²) in [5, 5.41) is 12.3. The fourth-order valence-corrected chi connectivity index (χ4v) is 3.67. The molecule has 1 aromatic carbocycles. The van der Waals surface area contributed by atoms with Gasteiger partial charge in [-0.1, -0.05) is 0 Å². The van der Waals surface area contributed by atoms with Gasteiger partial charge in [-0.3, -0.25) is 4.79 Å². The molecule has 0 unspecified atom stereocenters. The van der Waals surface area contributed by atoms with E-state index < -0.39 is 5.97 Å². The molecule has 0 saturated heterocycles. The Balaban J connectivity index is 1.69. The average molecular weight is 383 g/mol. The Hall–Kier alpha value is -3.00. The van der Waals surface area contributed by atoms with Crippen molar-refractivity contribution in [3.8, 4) is 11.5 Å². The van der Waals surface area contributed by atoms with Gasteiger partial charge >= 0.3 is 5.97 Å². The highest BCUT2D eigenvalue weighted by Crippen LogP contribution is 2.31. The first kappa shape index (κ1) is 17.4. The second kappa shape index (κ2) is 6.96. The monoisotopic (exact) mass is 383 g/mol. The maximum Gasteiger partial charge on any atom is 0.335 e. The second-order valence-electron chi connectivity index (χ2n) is 6.49. The van der Waals surface area contributed by atoms with Crippen LogP contribution in [0.5, 0.6) is 0 Å². The Kier molecular flexibility index (Phi) is 4.49. The third-order valence-corrected chi connectivity index (χ3v) is 5.28. The Morgan fingerprint density at radius 3 is 2.67 bits per heavy atom. The Morgan fingerprint density at radius 2 is 2.07 bits per heavy atom. The zero-order valence-electron chi connectivity index (χ0n) is 14.6. The third kappa shape index (κ3) is 3.75. The van der Waals surface area contributed by atoms with Crippen LogP contribution in [0.15, 0.2) is 40.5 Å². The van der Waals surface area contributed by atoms with Crippen molar-refractivity contribution in [3.63, 3.8) is 0 Å². The minimum Gasteiger partial charge on any atom is -0.478 e. The number of nitrogens with zero attached hydrogens (tertiary/aromatic N) is 3. The molecule has 0 spiro atoms. The van der Waals surface area contributed by atoms with E-state index in [9.17, 15) is 14.7 Å². The molecule has 0 bridgehead atoms. The predicted molar refractivity (Wildman–Crippen MR) is 98.6 cm³/mol. The van der Waals surface area contributed by atoms with Crippen molar-refractivity contribution in [2.24, 2.45) is 0 Å². The summed E-state index contributed by atoms with van der Waals surface area (Å²) < 4.78 is 5.27. The largest absolute Gasteiger partial charge is 0.478 e. The van der Waals surface area contributed by atoms with Crippen LogP contribution in [0, 0.1) is 6.92 Å². The van der Waals surface area contributed by atoms with Gasteiger partial charge in [0.15, 0.2) is 0 Å². The number of hydrogen-bond donors (Lipinski definition) is 1. The average Bonchev–Trinajstić information content (AvgIpc) is 3.17. The highest BCUT2D eigenvalue weighted by molar-refractivity contribution is 7.09. The number of aromatic nitrogens is 2. The highest BCUT2D eigenvalue weighted by atomic mass is 32.1. The molecule has 1 amide bonds. The quantitative estimate of drug-likeness (QED) is 0.698. The van der Waals surface area contributed by atoms with Crippen LogP contribution in [0.4, 0.5) is 0 Å². The van der Waals surface area contributed by atoms with E-state index in [2.05, 4.69) is 9.97 Å². The van der Waals surface area contributed by atoms with Crippen LogP contribution < -0.4 is 0 Å². The molecule has 8 heteroatoms. The number of carbonyl (C=O) groups is 2. The van der Waals surface area contributed by atoms with E-state index in [0.29, 0.717) is 17.7 Å². The molecule has 7 nitrogen and oxygen atoms in total. The molecular formula is C19H17N3O4S. The van der Waals surface area contributed by atoms with Crippen molar-refractivity contribution in [1.29, 1.82) is 0 Å². The topological polar surface area (TPSA) is 96.5 Å². The summed E-state index contributed by atoms with van der Waals surface area (Å²) in [5.41, 5.74) is 1.72. The molecule has 2 aromatic heterocycles. The number of oxazole rings is 1. The van der Waals surface area contributed by atoms with Crippen LogP contribution in [0.25, 0.3) is 11.5 Å². The van der Waals surface area contributed by atoms with E-state index in [4.69, 9.17) is 4.42 Å². The van der Waals surface area contributed by atoms with Crippen LogP contribution in [0.1, 0.15) is 44.3 Å². The van der Waals surface area contributed by atoms with Crippen molar-refractivity contribution in [3.05, 3.63) is 57.9 Å². The lowest BCUT2D eigenvalue weighted by Crippen LogP contribution is -2.32. The molecule has 1 N–H and O–H groups in total. The number of rotatable bonds is 6. The molecule has 4 rings (SSSR count). The van der Waals surface area contributed by atoms with Crippen LogP contribution in [-0.2, 0) is 6.54 Å². The molecule has 1 aliphatic carbocycles. The molecule has 1 aliphatic rings. The first-order valence-corrected chi connectivity index (χ1v) is 9.39. The van der Waals surface area contributed by atoms with Gasteiger partial charge in [-0.15, -0.1) is 11.3 Å². The zero-order chi connectivity index (χ0) is 19.0. The maximum absolute atomic E-state index is 13.2. The van der Waals surface area contributed by atoms with Gasteiger partial charge in [0.05, 0.1) is 18.3 Å². The lowest BCUT2D eigenvalue weighted by atomic mass is 10.0. The van der Waals surface area contributed by atoms with Gasteiger partial charge in [0, 0.05) is 28.2 Å². The van der Waals surface area contributed by atoms with Crippen molar-refractivity contribution >= 4 is 23.2 Å². The number of carboxylic acids is 1. The molecule has 0 radical (unpaired) electrons. The normalized spacial score (nSPS) is 13.5. The molecule has 2 heterocycles. The number of aromatic carboxylic acids is 1. The summed E-state index contributed by atoms with van der Waals surface area (Å²) in [6.07, 6.45) is 4.78. The van der Waals surface area contributed by atoms with E-state index >= 15 is 0 Å². The van der Waals surface area contributed by atoms with E-state index in [0.717, 1.165) is 23.5 Å². The number of aryl methyl sites for hydroxylation is 1. The summed E-state index contributed by atoms with van der Waals surface area (Å²) in [6, 6.07) is 4.65. The molecule has 138 valence electrons. The first-order valence-electron chi connectivity index (χ1n) is 8.51. The Bertz CT molecular complexity index is 992. The highest BCUT2D eigenvalue weighted by Gasteiger charge is 2.34. The smallest absolute Gasteiger partial charge is 0.335 e. The molecule has 1 fully saturated rings. The lowest BCUT2D eigenvalue weighted by molar-refractivity contribution is 0.0697. The standard InChI is InChI=1S/C19H17N3O4S/c1-11-10-27-16(21-11)9-22(15-2-3-15)18(23)13-6-12(17-20-4-5-26-17)7-14(8-13)19(24)25/h4-8,10,15H,2-3,9H2,1H3,(H,24,25). The molecule has 0 aliphatic heterocycles. The fraction of sp³-hybridized carbons (Fsp3) is 0.263. The number of benzene rings is 1. The summed E-state index contributed by atoms with van der Waals surface area (Å²) in [4.78, 5) is 35.0. The third-order valence-electron chi connectivity index (χ3n) is 4.33. The van der Waals surface area contributed by atoms with Gasteiger partial charge in [-0.25, -0.2) is 14.8 Å². The SMILES string of the molecule is Cc1csc(CN(C(=O)c2cc(C(=O)O)cc(-c3ncco3)c2)C2CC2)n1. The van der Waals surface area contributed by atoms with Crippen LogP contribution >= 0.6 is 11.3 Å². The molecular weight excluding hydrogens is 366 g/mol. The zero-order valence-corrected chi connectivity index (χ0v) is 15.4. The minimum atomic E-state index is -1.11. The van der Waals surface area contributed by atoms with Crippen molar-refractivity contribution in [2.45, 2.75) is 32.4 Å². The second-order valence-corrected chi connectivity index (χ2v) is 7.43.